The van der Waals surface area contributed by atoms with Crippen molar-refractivity contribution in [2.75, 3.05) is 0 Å². The molecule has 9 nitrogen and oxygen atoms in total. The van der Waals surface area contributed by atoms with Crippen molar-refractivity contribution in [2.24, 2.45) is 0 Å². The minimum Gasteiger partial charge on any atom is -0.503 e. The molecule has 10 heteroatoms. The van der Waals surface area contributed by atoms with Gasteiger partial charge in [-0.1, -0.05) is 20.8 Å². The van der Waals surface area contributed by atoms with Crippen LogP contribution in [0.3, 0.4) is 0 Å². The van der Waals surface area contributed by atoms with Crippen molar-refractivity contribution in [3.05, 3.63) is 84.5 Å². The van der Waals surface area contributed by atoms with Gasteiger partial charge in [-0.15, -0.1) is 0 Å². The average molecular weight is 557 g/mol. The zero-order valence-corrected chi connectivity index (χ0v) is 23.7. The number of hydrogen-bond donors (Lipinski definition) is 3. The Labute approximate surface area is 228 Å². The van der Waals surface area contributed by atoms with Gasteiger partial charge >= 0.3 is 0 Å². The monoisotopic (exact) mass is 556 g/mol. The Hall–Kier alpha value is -3.23. The molecule has 0 aliphatic heterocycles. The molecule has 0 aliphatic carbocycles. The molecule has 3 aromatic heterocycles. The van der Waals surface area contributed by atoms with Crippen LogP contribution in [0.25, 0.3) is 0 Å². The van der Waals surface area contributed by atoms with Crippen molar-refractivity contribution in [3.63, 3.8) is 0 Å². The number of hydrogen-bond acceptors (Lipinski definition) is 6. The van der Waals surface area contributed by atoms with E-state index in [1.165, 1.54) is 18.2 Å². The van der Waals surface area contributed by atoms with Crippen molar-refractivity contribution in [3.8, 4) is 17.2 Å². The maximum atomic E-state index is 10.9. The van der Waals surface area contributed by atoms with Crippen LogP contribution in [0.5, 0.6) is 17.2 Å². The van der Waals surface area contributed by atoms with Gasteiger partial charge in [0.15, 0.2) is 17.2 Å². The Morgan fingerprint density at radius 3 is 0.946 bits per heavy atom. The molecule has 3 N–H and O–H groups in total. The third-order valence-electron chi connectivity index (χ3n) is 5.63. The maximum Gasteiger partial charge on any atom is 0.223 e. The maximum absolute atomic E-state index is 10.9. The Morgan fingerprint density at radius 1 is 0.541 bits per heavy atom. The predicted molar refractivity (Wildman–Crippen MR) is 142 cm³/mol. The van der Waals surface area contributed by atoms with Crippen molar-refractivity contribution in [1.29, 1.82) is 0 Å². The molecule has 0 fully saturated rings. The van der Waals surface area contributed by atoms with Gasteiger partial charge in [0.25, 0.3) is 0 Å². The summed E-state index contributed by atoms with van der Waals surface area (Å²) in [7, 11) is 0. The second kappa shape index (κ2) is 16.5. The summed E-state index contributed by atoms with van der Waals surface area (Å²) in [6, 6.07) is 4.16. The van der Waals surface area contributed by atoms with E-state index in [0.29, 0.717) is 17.1 Å². The topological polar surface area (TPSA) is 127 Å². The molecule has 0 amide bonds. The van der Waals surface area contributed by atoms with Crippen LogP contribution in [0, 0.1) is 20.8 Å². The Bertz CT molecular complexity index is 1150. The Kier molecular flexibility index (Phi) is 15.1. The first kappa shape index (κ1) is 33.8. The summed E-state index contributed by atoms with van der Waals surface area (Å²) in [5.74, 6) is -0.400. The van der Waals surface area contributed by atoms with E-state index in [4.69, 9.17) is 0 Å². The summed E-state index contributed by atoms with van der Waals surface area (Å²) in [5, 5.41) is 27.8. The molecule has 1 radical (unpaired) electrons. The largest absolute Gasteiger partial charge is 0.503 e. The van der Waals surface area contributed by atoms with Crippen LogP contribution in [-0.2, 0) is 36.7 Å². The first-order valence-corrected chi connectivity index (χ1v) is 12.2. The summed E-state index contributed by atoms with van der Waals surface area (Å²) in [6.07, 6.45) is 8.10. The van der Waals surface area contributed by atoms with E-state index in [1.807, 2.05) is 13.7 Å². The first-order valence-electron chi connectivity index (χ1n) is 12.2. The van der Waals surface area contributed by atoms with Crippen LogP contribution in [0.1, 0.15) is 57.1 Å². The SMILES string of the molecule is CCCn1ccc(=O)c(O)c1C.CCCn1ccc(=O)c(O)c1C.CCCn1ccc(=O)c(O)c1C.[Mn]. The van der Waals surface area contributed by atoms with E-state index in [-0.39, 0.29) is 50.6 Å². The molecule has 37 heavy (non-hydrogen) atoms. The van der Waals surface area contributed by atoms with Crippen molar-refractivity contribution < 1.29 is 32.4 Å². The summed E-state index contributed by atoms with van der Waals surface area (Å²) in [4.78, 5) is 32.8. The van der Waals surface area contributed by atoms with Gasteiger partial charge < -0.3 is 29.0 Å². The smallest absolute Gasteiger partial charge is 0.223 e. The van der Waals surface area contributed by atoms with Gasteiger partial charge in [0.1, 0.15) is 0 Å². The van der Waals surface area contributed by atoms with Crippen molar-refractivity contribution in [2.45, 2.75) is 80.4 Å². The van der Waals surface area contributed by atoms with Gasteiger partial charge in [0, 0.05) is 73.5 Å². The number of pyridine rings is 3. The second-order valence-corrected chi connectivity index (χ2v) is 8.42. The molecular formula is C27H39MnN3O6. The standard InChI is InChI=1S/3C9H13NO2.Mn/c3*1-3-5-10-6-4-8(11)9(12)7(10)2;/h3*4,6,12H,3,5H2,1-2H3;. The second-order valence-electron chi connectivity index (χ2n) is 8.42. The fraction of sp³-hybridized carbons (Fsp3) is 0.444. The molecule has 3 rings (SSSR count). The molecule has 0 aliphatic rings. The molecule has 205 valence electrons. The van der Waals surface area contributed by atoms with Crippen molar-refractivity contribution in [1.82, 2.24) is 13.7 Å². The van der Waals surface area contributed by atoms with Crippen LogP contribution >= 0.6 is 0 Å². The number of aromatic nitrogens is 3. The van der Waals surface area contributed by atoms with E-state index in [1.54, 1.807) is 39.4 Å². The minimum atomic E-state index is -0.306. The third kappa shape index (κ3) is 9.63. The fourth-order valence-electron chi connectivity index (χ4n) is 3.44. The van der Waals surface area contributed by atoms with Crippen LogP contribution in [-0.4, -0.2) is 29.0 Å². The number of aromatic hydroxyl groups is 3. The summed E-state index contributed by atoms with van der Waals surface area (Å²) in [5.41, 5.74) is 1.01. The van der Waals surface area contributed by atoms with Crippen LogP contribution in [0.15, 0.2) is 51.2 Å². The quantitative estimate of drug-likeness (QED) is 0.397. The van der Waals surface area contributed by atoms with Gasteiger partial charge in [-0.2, -0.15) is 0 Å². The fourth-order valence-corrected chi connectivity index (χ4v) is 3.44. The van der Waals surface area contributed by atoms with Gasteiger partial charge in [0.05, 0.1) is 17.1 Å². The minimum absolute atomic E-state index is 0. The molecule has 0 saturated carbocycles. The van der Waals surface area contributed by atoms with E-state index >= 15 is 0 Å². The van der Waals surface area contributed by atoms with E-state index in [2.05, 4.69) is 20.8 Å². The number of aryl methyl sites for hydroxylation is 3. The average Bonchev–Trinajstić information content (AvgIpc) is 2.86. The van der Waals surface area contributed by atoms with E-state index < -0.39 is 0 Å². The zero-order chi connectivity index (χ0) is 27.4. The van der Waals surface area contributed by atoms with Gasteiger partial charge in [-0.25, -0.2) is 0 Å². The Morgan fingerprint density at radius 2 is 0.757 bits per heavy atom. The van der Waals surface area contributed by atoms with Gasteiger partial charge in [-0.05, 0) is 40.0 Å². The normalized spacial score (nSPS) is 9.89. The predicted octanol–water partition coefficient (Wildman–Crippen LogP) is 3.81. The van der Waals surface area contributed by atoms with Crippen LogP contribution in [0.4, 0.5) is 0 Å². The first-order chi connectivity index (χ1) is 17.0. The number of rotatable bonds is 6. The van der Waals surface area contributed by atoms with Crippen LogP contribution < -0.4 is 16.3 Å². The van der Waals surface area contributed by atoms with E-state index in [9.17, 15) is 29.7 Å². The summed E-state index contributed by atoms with van der Waals surface area (Å²) < 4.78 is 5.62. The molecule has 0 unspecified atom stereocenters. The summed E-state index contributed by atoms with van der Waals surface area (Å²) in [6.45, 7) is 13.9. The molecule has 0 bridgehead atoms. The zero-order valence-electron chi connectivity index (χ0n) is 22.5. The molecule has 0 atom stereocenters. The molecule has 0 aromatic carbocycles. The van der Waals surface area contributed by atoms with Crippen molar-refractivity contribution >= 4 is 0 Å². The van der Waals surface area contributed by atoms with Gasteiger partial charge in [0.2, 0.25) is 16.3 Å². The van der Waals surface area contributed by atoms with E-state index in [0.717, 1.165) is 38.9 Å². The molecular weight excluding hydrogens is 517 g/mol. The third-order valence-corrected chi connectivity index (χ3v) is 5.63. The molecule has 0 spiro atoms. The molecule has 0 saturated heterocycles. The van der Waals surface area contributed by atoms with Crippen LogP contribution in [0.2, 0.25) is 0 Å². The molecule has 3 heterocycles. The Balaban J connectivity index is 0.000000518. The molecule has 3 aromatic rings. The summed E-state index contributed by atoms with van der Waals surface area (Å²) >= 11 is 0. The van der Waals surface area contributed by atoms with Gasteiger partial charge in [-0.3, -0.25) is 14.4 Å². The number of nitrogens with zero attached hydrogens (tertiary/aromatic N) is 3.